The number of carbonyl (C=O) groups excluding carboxylic acids is 1. The number of benzene rings is 1. The number of amides is 1. The molecule has 2 heterocycles. The van der Waals surface area contributed by atoms with Gasteiger partial charge in [-0.1, -0.05) is 0 Å². The Hall–Kier alpha value is -1.55. The standard InChI is InChI=1S/C22H28N2O2/c25-22(23-21-16-6-13-5-14(8-16)9-17(21)7-13)15-1-3-18(4-2-15)24-11-20-10-19(24)12-26-20/h1-4,13-14,16-17,19-21H,5-12H2,(H,23,25). The Labute approximate surface area is 155 Å². The van der Waals surface area contributed by atoms with Crippen LogP contribution in [0, 0.1) is 23.7 Å². The third kappa shape index (κ3) is 2.41. The van der Waals surface area contributed by atoms with Crippen molar-refractivity contribution in [2.75, 3.05) is 18.1 Å². The lowest BCUT2D eigenvalue weighted by Gasteiger charge is -2.54. The average molecular weight is 352 g/mol. The van der Waals surface area contributed by atoms with Gasteiger partial charge in [0.2, 0.25) is 0 Å². The quantitative estimate of drug-likeness (QED) is 0.908. The van der Waals surface area contributed by atoms with E-state index in [-0.39, 0.29) is 5.91 Å². The molecule has 138 valence electrons. The van der Waals surface area contributed by atoms with E-state index in [0.717, 1.165) is 48.8 Å². The van der Waals surface area contributed by atoms with Crippen LogP contribution in [0.2, 0.25) is 0 Å². The van der Waals surface area contributed by atoms with Crippen molar-refractivity contribution < 1.29 is 9.53 Å². The largest absolute Gasteiger partial charge is 0.374 e. The molecule has 2 unspecified atom stereocenters. The van der Waals surface area contributed by atoms with E-state index in [0.29, 0.717) is 18.2 Å². The summed E-state index contributed by atoms with van der Waals surface area (Å²) in [4.78, 5) is 15.3. The van der Waals surface area contributed by atoms with E-state index in [2.05, 4.69) is 22.3 Å². The minimum Gasteiger partial charge on any atom is -0.374 e. The number of anilines is 1. The number of nitrogens with zero attached hydrogens (tertiary/aromatic N) is 1. The minimum atomic E-state index is 0.125. The van der Waals surface area contributed by atoms with E-state index in [1.165, 1.54) is 37.8 Å². The number of hydrogen-bond acceptors (Lipinski definition) is 3. The molecule has 4 nitrogen and oxygen atoms in total. The van der Waals surface area contributed by atoms with Gasteiger partial charge < -0.3 is 15.0 Å². The van der Waals surface area contributed by atoms with Gasteiger partial charge in [-0.05, 0) is 86.5 Å². The van der Waals surface area contributed by atoms with Gasteiger partial charge in [0, 0.05) is 23.8 Å². The van der Waals surface area contributed by atoms with E-state index in [1.54, 1.807) is 0 Å². The van der Waals surface area contributed by atoms with Gasteiger partial charge in [-0.2, -0.15) is 0 Å². The maximum absolute atomic E-state index is 12.9. The van der Waals surface area contributed by atoms with Gasteiger partial charge in [0.05, 0.1) is 18.8 Å². The van der Waals surface area contributed by atoms with E-state index in [4.69, 9.17) is 4.74 Å². The molecular weight excluding hydrogens is 324 g/mol. The van der Waals surface area contributed by atoms with Crippen LogP contribution in [0.1, 0.15) is 48.9 Å². The first-order valence-corrected chi connectivity index (χ1v) is 10.5. The third-order valence-corrected chi connectivity index (χ3v) is 7.89. The van der Waals surface area contributed by atoms with Crippen LogP contribution in [0.25, 0.3) is 0 Å². The summed E-state index contributed by atoms with van der Waals surface area (Å²) in [7, 11) is 0. The smallest absolute Gasteiger partial charge is 0.251 e. The van der Waals surface area contributed by atoms with Crippen molar-refractivity contribution in [3.8, 4) is 0 Å². The lowest BCUT2D eigenvalue weighted by atomic mass is 9.54. The van der Waals surface area contributed by atoms with Crippen LogP contribution >= 0.6 is 0 Å². The molecule has 1 aromatic carbocycles. The second-order valence-corrected chi connectivity index (χ2v) is 9.47. The van der Waals surface area contributed by atoms with E-state index in [1.807, 2.05) is 12.1 Å². The fourth-order valence-electron chi connectivity index (χ4n) is 6.92. The number of fused-ring (bicyclic) bond motifs is 2. The van der Waals surface area contributed by atoms with Gasteiger partial charge in [-0.15, -0.1) is 0 Å². The molecule has 4 saturated carbocycles. The molecule has 0 aromatic heterocycles. The highest BCUT2D eigenvalue weighted by Gasteiger charge is 2.48. The highest BCUT2D eigenvalue weighted by Crippen LogP contribution is 2.53. The second-order valence-electron chi connectivity index (χ2n) is 9.47. The Bertz CT molecular complexity index is 687. The van der Waals surface area contributed by atoms with Crippen LogP contribution < -0.4 is 10.2 Å². The fourth-order valence-corrected chi connectivity index (χ4v) is 6.92. The molecule has 1 amide bonds. The molecule has 6 bridgehead atoms. The van der Waals surface area contributed by atoms with Crippen LogP contribution in [0.5, 0.6) is 0 Å². The number of rotatable bonds is 3. The molecule has 2 saturated heterocycles. The zero-order valence-electron chi connectivity index (χ0n) is 15.3. The summed E-state index contributed by atoms with van der Waals surface area (Å²) in [6.07, 6.45) is 8.38. The Morgan fingerprint density at radius 2 is 1.65 bits per heavy atom. The van der Waals surface area contributed by atoms with Gasteiger partial charge in [-0.3, -0.25) is 4.79 Å². The molecule has 2 aliphatic heterocycles. The van der Waals surface area contributed by atoms with Crippen molar-refractivity contribution in [1.29, 1.82) is 0 Å². The predicted molar refractivity (Wildman–Crippen MR) is 100 cm³/mol. The summed E-state index contributed by atoms with van der Waals surface area (Å²) in [5.41, 5.74) is 2.04. The number of hydrogen-bond donors (Lipinski definition) is 1. The number of nitrogens with one attached hydrogen (secondary N) is 1. The van der Waals surface area contributed by atoms with Gasteiger partial charge in [0.15, 0.2) is 0 Å². The molecule has 4 heteroatoms. The average Bonchev–Trinajstić information content (AvgIpc) is 3.27. The van der Waals surface area contributed by atoms with Crippen LogP contribution in [0.4, 0.5) is 5.69 Å². The maximum Gasteiger partial charge on any atom is 0.251 e. The SMILES string of the molecule is O=C(NC1C2CC3CC(C2)CC1C3)c1ccc(N2CC3CC2CO3)cc1. The summed E-state index contributed by atoms with van der Waals surface area (Å²) < 4.78 is 5.69. The first-order chi connectivity index (χ1) is 12.7. The fraction of sp³-hybridized carbons (Fsp3) is 0.682. The van der Waals surface area contributed by atoms with Crippen LogP contribution in [0.15, 0.2) is 24.3 Å². The molecule has 0 spiro atoms. The van der Waals surface area contributed by atoms with Crippen molar-refractivity contribution in [2.45, 2.75) is 56.7 Å². The lowest BCUT2D eigenvalue weighted by molar-refractivity contribution is -0.0119. The molecule has 2 atom stereocenters. The molecular formula is C22H28N2O2. The maximum atomic E-state index is 12.9. The summed E-state index contributed by atoms with van der Waals surface area (Å²) in [5, 5.41) is 3.42. The number of morpholine rings is 1. The summed E-state index contributed by atoms with van der Waals surface area (Å²) in [5.74, 6) is 3.49. The van der Waals surface area contributed by atoms with Crippen LogP contribution in [-0.4, -0.2) is 37.2 Å². The molecule has 1 N–H and O–H groups in total. The molecule has 7 rings (SSSR count). The Morgan fingerprint density at radius 3 is 2.23 bits per heavy atom. The van der Waals surface area contributed by atoms with E-state index < -0.39 is 0 Å². The number of carbonyl (C=O) groups is 1. The monoisotopic (exact) mass is 352 g/mol. The molecule has 6 fully saturated rings. The van der Waals surface area contributed by atoms with Crippen molar-refractivity contribution in [1.82, 2.24) is 5.32 Å². The predicted octanol–water partition coefficient (Wildman–Crippen LogP) is 3.22. The molecule has 26 heavy (non-hydrogen) atoms. The zero-order valence-corrected chi connectivity index (χ0v) is 15.3. The molecule has 4 aliphatic carbocycles. The lowest BCUT2D eigenvalue weighted by Crippen LogP contribution is -2.55. The van der Waals surface area contributed by atoms with Gasteiger partial charge in [-0.25, -0.2) is 0 Å². The van der Waals surface area contributed by atoms with Crippen molar-refractivity contribution >= 4 is 11.6 Å². The van der Waals surface area contributed by atoms with E-state index in [9.17, 15) is 4.79 Å². The first-order valence-electron chi connectivity index (χ1n) is 10.5. The Kier molecular flexibility index (Phi) is 3.41. The third-order valence-electron chi connectivity index (χ3n) is 7.89. The van der Waals surface area contributed by atoms with Gasteiger partial charge >= 0.3 is 0 Å². The second kappa shape index (κ2) is 5.72. The van der Waals surface area contributed by atoms with Gasteiger partial charge in [0.1, 0.15) is 0 Å². The Balaban J connectivity index is 1.15. The molecule has 6 aliphatic rings. The molecule has 1 aromatic rings. The highest BCUT2D eigenvalue weighted by atomic mass is 16.5. The highest BCUT2D eigenvalue weighted by molar-refractivity contribution is 5.94. The van der Waals surface area contributed by atoms with Gasteiger partial charge in [0.25, 0.3) is 5.91 Å². The van der Waals surface area contributed by atoms with E-state index >= 15 is 0 Å². The zero-order chi connectivity index (χ0) is 17.3. The van der Waals surface area contributed by atoms with Crippen molar-refractivity contribution in [3.63, 3.8) is 0 Å². The topological polar surface area (TPSA) is 41.6 Å². The number of ether oxygens (including phenoxy) is 1. The van der Waals surface area contributed by atoms with Crippen LogP contribution in [-0.2, 0) is 4.74 Å². The molecule has 0 radical (unpaired) electrons. The Morgan fingerprint density at radius 1 is 0.962 bits per heavy atom. The normalized spacial score (nSPS) is 42.5. The van der Waals surface area contributed by atoms with Crippen LogP contribution in [0.3, 0.4) is 0 Å². The minimum absolute atomic E-state index is 0.125. The summed E-state index contributed by atoms with van der Waals surface area (Å²) >= 11 is 0. The summed E-state index contributed by atoms with van der Waals surface area (Å²) in [6.45, 7) is 1.84. The summed E-state index contributed by atoms with van der Waals surface area (Å²) in [6, 6.07) is 9.19. The van der Waals surface area contributed by atoms with Crippen molar-refractivity contribution in [2.24, 2.45) is 23.7 Å². The van der Waals surface area contributed by atoms with Crippen molar-refractivity contribution in [3.05, 3.63) is 29.8 Å². The first kappa shape index (κ1) is 15.5.